The second kappa shape index (κ2) is 7.46. The first-order valence-electron chi connectivity index (χ1n) is 7.87. The molecule has 1 heterocycles. The monoisotopic (exact) mass is 338 g/mol. The lowest BCUT2D eigenvalue weighted by Crippen LogP contribution is -2.27. The molecule has 20 heavy (non-hydrogen) atoms. The van der Waals surface area contributed by atoms with Crippen LogP contribution in [0.15, 0.2) is 22.7 Å². The molecule has 1 aromatic rings. The van der Waals surface area contributed by atoms with Gasteiger partial charge in [0.05, 0.1) is 0 Å². The molecule has 1 aliphatic heterocycles. The molecule has 1 aromatic carbocycles. The normalized spacial score (nSPS) is 21.6. The minimum atomic E-state index is 0.382. The summed E-state index contributed by atoms with van der Waals surface area (Å²) in [5.41, 5.74) is 2.81. The zero-order valence-corrected chi connectivity index (χ0v) is 14.5. The summed E-state index contributed by atoms with van der Waals surface area (Å²) in [4.78, 5) is 2.59. The van der Waals surface area contributed by atoms with Crippen LogP contribution in [-0.2, 0) is 0 Å². The van der Waals surface area contributed by atoms with Crippen LogP contribution >= 0.6 is 15.9 Å². The SMILES string of the molecule is CCC1CCCN(c2ccc(Br)cc2C(C)NC)CC1. The van der Waals surface area contributed by atoms with E-state index in [1.165, 1.54) is 54.5 Å². The molecule has 2 rings (SSSR count). The summed E-state index contributed by atoms with van der Waals surface area (Å²) in [6.07, 6.45) is 5.37. The summed E-state index contributed by atoms with van der Waals surface area (Å²) < 4.78 is 1.17. The second-order valence-corrected chi connectivity index (χ2v) is 6.82. The predicted molar refractivity (Wildman–Crippen MR) is 91.5 cm³/mol. The van der Waals surface area contributed by atoms with Crippen LogP contribution in [0.25, 0.3) is 0 Å². The third-order valence-electron chi connectivity index (χ3n) is 4.65. The summed E-state index contributed by atoms with van der Waals surface area (Å²) in [5.74, 6) is 0.917. The van der Waals surface area contributed by atoms with Crippen LogP contribution < -0.4 is 10.2 Å². The van der Waals surface area contributed by atoms with E-state index in [4.69, 9.17) is 0 Å². The highest BCUT2D eigenvalue weighted by Gasteiger charge is 2.19. The topological polar surface area (TPSA) is 15.3 Å². The fourth-order valence-electron chi connectivity index (χ4n) is 3.13. The maximum absolute atomic E-state index is 3.61. The van der Waals surface area contributed by atoms with E-state index in [1.807, 2.05) is 7.05 Å². The van der Waals surface area contributed by atoms with Gasteiger partial charge in [0, 0.05) is 29.3 Å². The smallest absolute Gasteiger partial charge is 0.0415 e. The molecule has 1 aliphatic rings. The molecule has 0 aromatic heterocycles. The van der Waals surface area contributed by atoms with Gasteiger partial charge in [-0.15, -0.1) is 0 Å². The van der Waals surface area contributed by atoms with Gasteiger partial charge < -0.3 is 10.2 Å². The Bertz CT molecular complexity index is 433. The Hall–Kier alpha value is -0.540. The number of hydrogen-bond donors (Lipinski definition) is 1. The third-order valence-corrected chi connectivity index (χ3v) is 5.15. The van der Waals surface area contributed by atoms with E-state index >= 15 is 0 Å². The maximum atomic E-state index is 3.61. The van der Waals surface area contributed by atoms with Crippen molar-refractivity contribution < 1.29 is 0 Å². The molecule has 0 amide bonds. The first kappa shape index (κ1) is 15.8. The van der Waals surface area contributed by atoms with E-state index in [1.54, 1.807) is 0 Å². The molecule has 2 unspecified atom stereocenters. The van der Waals surface area contributed by atoms with E-state index in [-0.39, 0.29) is 0 Å². The number of anilines is 1. The van der Waals surface area contributed by atoms with E-state index < -0.39 is 0 Å². The number of nitrogens with zero attached hydrogens (tertiary/aromatic N) is 1. The summed E-state index contributed by atoms with van der Waals surface area (Å²) in [6, 6.07) is 7.09. The highest BCUT2D eigenvalue weighted by Crippen LogP contribution is 2.32. The molecular weight excluding hydrogens is 312 g/mol. The number of benzene rings is 1. The Morgan fingerprint density at radius 2 is 2.15 bits per heavy atom. The average Bonchev–Trinajstić information content (AvgIpc) is 2.71. The predicted octanol–water partition coefficient (Wildman–Crippen LogP) is 4.75. The molecule has 112 valence electrons. The van der Waals surface area contributed by atoms with Gasteiger partial charge in [-0.25, -0.2) is 0 Å². The van der Waals surface area contributed by atoms with E-state index in [0.29, 0.717) is 6.04 Å². The van der Waals surface area contributed by atoms with E-state index in [0.717, 1.165) is 5.92 Å². The number of nitrogens with one attached hydrogen (secondary N) is 1. The Balaban J connectivity index is 2.23. The Labute approximate surface area is 132 Å². The fourth-order valence-corrected chi connectivity index (χ4v) is 3.51. The van der Waals surface area contributed by atoms with Crippen molar-refractivity contribution in [2.45, 2.75) is 45.6 Å². The molecule has 1 N–H and O–H groups in total. The fraction of sp³-hybridized carbons (Fsp3) is 0.647. The van der Waals surface area contributed by atoms with Gasteiger partial charge in [-0.05, 0) is 62.9 Å². The van der Waals surface area contributed by atoms with Gasteiger partial charge in [0.1, 0.15) is 0 Å². The molecule has 3 heteroatoms. The second-order valence-electron chi connectivity index (χ2n) is 5.91. The Kier molecular flexibility index (Phi) is 5.91. The van der Waals surface area contributed by atoms with Gasteiger partial charge in [0.2, 0.25) is 0 Å². The quantitative estimate of drug-likeness (QED) is 0.852. The van der Waals surface area contributed by atoms with Crippen LogP contribution in [0, 0.1) is 5.92 Å². The number of hydrogen-bond acceptors (Lipinski definition) is 2. The maximum Gasteiger partial charge on any atom is 0.0415 e. The zero-order chi connectivity index (χ0) is 14.5. The minimum absolute atomic E-state index is 0.382. The van der Waals surface area contributed by atoms with Gasteiger partial charge in [-0.3, -0.25) is 0 Å². The molecule has 0 radical (unpaired) electrons. The lowest BCUT2D eigenvalue weighted by Gasteiger charge is -2.28. The van der Waals surface area contributed by atoms with Crippen molar-refractivity contribution in [3.63, 3.8) is 0 Å². The van der Waals surface area contributed by atoms with Crippen molar-refractivity contribution in [2.24, 2.45) is 5.92 Å². The van der Waals surface area contributed by atoms with Crippen molar-refractivity contribution in [1.29, 1.82) is 0 Å². The molecule has 0 spiro atoms. The largest absolute Gasteiger partial charge is 0.371 e. The van der Waals surface area contributed by atoms with Gasteiger partial charge >= 0.3 is 0 Å². The van der Waals surface area contributed by atoms with Crippen LogP contribution in [0.3, 0.4) is 0 Å². The molecule has 2 nitrogen and oxygen atoms in total. The first-order valence-corrected chi connectivity index (χ1v) is 8.66. The first-order chi connectivity index (χ1) is 9.65. The average molecular weight is 339 g/mol. The van der Waals surface area contributed by atoms with E-state index in [9.17, 15) is 0 Å². The number of halogens is 1. The summed E-state index contributed by atoms with van der Waals surface area (Å²) in [5, 5.41) is 3.38. The third kappa shape index (κ3) is 3.76. The highest BCUT2D eigenvalue weighted by molar-refractivity contribution is 9.10. The van der Waals surface area contributed by atoms with Gasteiger partial charge in [0.25, 0.3) is 0 Å². The summed E-state index contributed by atoms with van der Waals surface area (Å²) in [6.45, 7) is 6.96. The molecule has 0 saturated carbocycles. The van der Waals surface area contributed by atoms with Crippen molar-refractivity contribution in [1.82, 2.24) is 5.32 Å². The van der Waals surface area contributed by atoms with Crippen LogP contribution in [0.4, 0.5) is 5.69 Å². The van der Waals surface area contributed by atoms with Crippen LogP contribution in [0.5, 0.6) is 0 Å². The molecule has 1 fully saturated rings. The lowest BCUT2D eigenvalue weighted by molar-refractivity contribution is 0.459. The van der Waals surface area contributed by atoms with Crippen molar-refractivity contribution >= 4 is 21.6 Å². The van der Waals surface area contributed by atoms with Crippen LogP contribution in [0.1, 0.15) is 51.1 Å². The standard InChI is InChI=1S/C17H27BrN2/c1-4-14-6-5-10-20(11-9-14)17-8-7-15(18)12-16(17)13(2)19-3/h7-8,12-14,19H,4-6,9-11H2,1-3H3. The van der Waals surface area contributed by atoms with Crippen molar-refractivity contribution in [3.8, 4) is 0 Å². The lowest BCUT2D eigenvalue weighted by atomic mass is 9.98. The molecule has 2 atom stereocenters. The Morgan fingerprint density at radius 1 is 1.35 bits per heavy atom. The van der Waals surface area contributed by atoms with Crippen LogP contribution in [-0.4, -0.2) is 20.1 Å². The molecular formula is C17H27BrN2. The Morgan fingerprint density at radius 3 is 2.85 bits per heavy atom. The minimum Gasteiger partial charge on any atom is -0.371 e. The molecule has 0 bridgehead atoms. The van der Waals surface area contributed by atoms with Crippen LogP contribution in [0.2, 0.25) is 0 Å². The summed E-state index contributed by atoms with van der Waals surface area (Å²) in [7, 11) is 2.03. The van der Waals surface area contributed by atoms with E-state index in [2.05, 4.69) is 58.2 Å². The van der Waals surface area contributed by atoms with Gasteiger partial charge in [-0.1, -0.05) is 29.3 Å². The zero-order valence-electron chi connectivity index (χ0n) is 13.0. The highest BCUT2D eigenvalue weighted by atomic mass is 79.9. The van der Waals surface area contributed by atoms with Crippen molar-refractivity contribution in [2.75, 3.05) is 25.0 Å². The van der Waals surface area contributed by atoms with Gasteiger partial charge in [-0.2, -0.15) is 0 Å². The van der Waals surface area contributed by atoms with Crippen molar-refractivity contribution in [3.05, 3.63) is 28.2 Å². The number of rotatable bonds is 4. The van der Waals surface area contributed by atoms with Gasteiger partial charge in [0.15, 0.2) is 0 Å². The molecule has 0 aliphatic carbocycles. The summed E-state index contributed by atoms with van der Waals surface area (Å²) >= 11 is 3.61. The molecule has 1 saturated heterocycles.